The van der Waals surface area contributed by atoms with Gasteiger partial charge in [0.2, 0.25) is 0 Å². The highest BCUT2D eigenvalue weighted by atomic mass is 32.1. The lowest BCUT2D eigenvalue weighted by Crippen LogP contribution is -2.51. The van der Waals surface area contributed by atoms with Gasteiger partial charge in [0, 0.05) is 17.3 Å². The van der Waals surface area contributed by atoms with Gasteiger partial charge >= 0.3 is 0 Å². The van der Waals surface area contributed by atoms with Crippen molar-refractivity contribution in [1.29, 1.82) is 0 Å². The van der Waals surface area contributed by atoms with Crippen LogP contribution in [0.1, 0.15) is 46.5 Å². The van der Waals surface area contributed by atoms with Crippen molar-refractivity contribution in [2.75, 3.05) is 11.9 Å². The van der Waals surface area contributed by atoms with E-state index in [4.69, 9.17) is 17.0 Å². The van der Waals surface area contributed by atoms with Crippen LogP contribution in [-0.4, -0.2) is 17.3 Å². The van der Waals surface area contributed by atoms with Crippen LogP contribution in [0.25, 0.3) is 0 Å². The van der Waals surface area contributed by atoms with E-state index < -0.39 is 0 Å². The number of anilines is 1. The zero-order chi connectivity index (χ0) is 15.3. The number of hydrogen-bond donors (Lipinski definition) is 2. The lowest BCUT2D eigenvalue weighted by Gasteiger charge is -2.35. The summed E-state index contributed by atoms with van der Waals surface area (Å²) in [6, 6.07) is 7.92. The number of thiocarbonyl (C=S) groups is 1. The highest BCUT2D eigenvalue weighted by Crippen LogP contribution is 2.35. The summed E-state index contributed by atoms with van der Waals surface area (Å²) in [6.07, 6.45) is 4.97. The zero-order valence-corrected chi connectivity index (χ0v) is 14.1. The monoisotopic (exact) mass is 306 g/mol. The molecule has 0 aliphatic heterocycles. The fourth-order valence-electron chi connectivity index (χ4n) is 3.07. The largest absolute Gasteiger partial charge is 0.494 e. The number of hydrogen-bond acceptors (Lipinski definition) is 2. The molecule has 1 aliphatic carbocycles. The van der Waals surface area contributed by atoms with Gasteiger partial charge in [-0.2, -0.15) is 0 Å². The van der Waals surface area contributed by atoms with Crippen molar-refractivity contribution in [2.45, 2.75) is 52.0 Å². The molecule has 0 unspecified atom stereocenters. The normalized spacial score (nSPS) is 16.8. The molecular formula is C17H26N2OS. The third-order valence-electron chi connectivity index (χ3n) is 4.37. The molecule has 1 aromatic rings. The van der Waals surface area contributed by atoms with Crippen LogP contribution >= 0.6 is 12.2 Å². The first kappa shape index (κ1) is 16.1. The molecule has 0 aromatic heterocycles. The Bertz CT molecular complexity index is 481. The molecule has 2 rings (SSSR count). The molecule has 0 radical (unpaired) electrons. The number of nitrogens with one attached hydrogen (secondary N) is 2. The van der Waals surface area contributed by atoms with E-state index >= 15 is 0 Å². The Morgan fingerprint density at radius 1 is 1.33 bits per heavy atom. The Hall–Kier alpha value is -1.29. The second kappa shape index (κ2) is 7.12. The van der Waals surface area contributed by atoms with Crippen molar-refractivity contribution in [3.05, 3.63) is 24.3 Å². The van der Waals surface area contributed by atoms with Gasteiger partial charge < -0.3 is 15.4 Å². The smallest absolute Gasteiger partial charge is 0.171 e. The summed E-state index contributed by atoms with van der Waals surface area (Å²) >= 11 is 5.51. The predicted molar refractivity (Wildman–Crippen MR) is 93.0 cm³/mol. The quantitative estimate of drug-likeness (QED) is 0.793. The minimum absolute atomic E-state index is 0.154. The van der Waals surface area contributed by atoms with Gasteiger partial charge in [0.25, 0.3) is 0 Å². The Balaban J connectivity index is 1.99. The minimum atomic E-state index is 0.154. The van der Waals surface area contributed by atoms with Gasteiger partial charge in [-0.3, -0.25) is 0 Å². The van der Waals surface area contributed by atoms with Crippen LogP contribution in [0.5, 0.6) is 5.75 Å². The molecule has 0 spiro atoms. The summed E-state index contributed by atoms with van der Waals surface area (Å²) in [6.45, 7) is 7.20. The number of ether oxygens (including phenoxy) is 1. The van der Waals surface area contributed by atoms with Crippen molar-refractivity contribution in [1.82, 2.24) is 5.32 Å². The van der Waals surface area contributed by atoms with Gasteiger partial charge in [-0.05, 0) is 50.0 Å². The zero-order valence-electron chi connectivity index (χ0n) is 13.2. The van der Waals surface area contributed by atoms with Crippen LogP contribution in [0.4, 0.5) is 5.69 Å². The minimum Gasteiger partial charge on any atom is -0.494 e. The molecule has 1 saturated carbocycles. The van der Waals surface area contributed by atoms with Crippen molar-refractivity contribution < 1.29 is 4.74 Å². The molecule has 1 fully saturated rings. The summed E-state index contributed by atoms with van der Waals surface area (Å²) in [5.74, 6) is 1.44. The maximum atomic E-state index is 5.52. The van der Waals surface area contributed by atoms with E-state index in [1.54, 1.807) is 0 Å². The Kier molecular flexibility index (Phi) is 5.45. The first-order chi connectivity index (χ1) is 10.1. The van der Waals surface area contributed by atoms with Crippen molar-refractivity contribution >= 4 is 23.0 Å². The maximum absolute atomic E-state index is 5.52. The van der Waals surface area contributed by atoms with Crippen LogP contribution in [0.3, 0.4) is 0 Å². The standard InChI is InChI=1S/C17H26N2OS/c1-4-20-15-9-7-8-14(12-15)18-16(21)19-17(13(2)3)10-5-6-11-17/h7-9,12-13H,4-6,10-11H2,1-3H3,(H2,18,19,21). The molecule has 1 aliphatic rings. The van der Waals surface area contributed by atoms with E-state index in [1.165, 1.54) is 25.7 Å². The molecule has 21 heavy (non-hydrogen) atoms. The van der Waals surface area contributed by atoms with Gasteiger partial charge in [0.15, 0.2) is 5.11 Å². The van der Waals surface area contributed by atoms with Crippen molar-refractivity contribution in [3.63, 3.8) is 0 Å². The first-order valence-corrected chi connectivity index (χ1v) is 8.28. The average Bonchev–Trinajstić information content (AvgIpc) is 2.89. The van der Waals surface area contributed by atoms with Crippen LogP contribution in [0.15, 0.2) is 24.3 Å². The second-order valence-corrected chi connectivity index (χ2v) is 6.47. The van der Waals surface area contributed by atoms with Gasteiger partial charge in [0.1, 0.15) is 5.75 Å². The highest BCUT2D eigenvalue weighted by Gasteiger charge is 2.37. The van der Waals surface area contributed by atoms with Crippen molar-refractivity contribution in [3.8, 4) is 5.75 Å². The van der Waals surface area contributed by atoms with E-state index in [2.05, 4.69) is 24.5 Å². The first-order valence-electron chi connectivity index (χ1n) is 7.88. The molecule has 0 atom stereocenters. The van der Waals surface area contributed by atoms with Crippen LogP contribution in [-0.2, 0) is 0 Å². The second-order valence-electron chi connectivity index (χ2n) is 6.06. The summed E-state index contributed by atoms with van der Waals surface area (Å²) < 4.78 is 5.52. The summed E-state index contributed by atoms with van der Waals surface area (Å²) in [5, 5.41) is 7.57. The average molecular weight is 306 g/mol. The molecule has 3 nitrogen and oxygen atoms in total. The fraction of sp³-hybridized carbons (Fsp3) is 0.588. The summed E-state index contributed by atoms with van der Waals surface area (Å²) in [5.41, 5.74) is 1.12. The third-order valence-corrected chi connectivity index (χ3v) is 4.57. The van der Waals surface area contributed by atoms with Crippen LogP contribution in [0, 0.1) is 5.92 Å². The molecule has 1 aromatic carbocycles. The third kappa shape index (κ3) is 4.10. The Labute approximate surface area is 133 Å². The Morgan fingerprint density at radius 2 is 2.05 bits per heavy atom. The number of benzene rings is 1. The van der Waals surface area contributed by atoms with Gasteiger partial charge in [-0.15, -0.1) is 0 Å². The molecule has 116 valence electrons. The summed E-state index contributed by atoms with van der Waals surface area (Å²) in [7, 11) is 0. The van der Waals surface area contributed by atoms with Gasteiger partial charge in [0.05, 0.1) is 6.61 Å². The predicted octanol–water partition coefficient (Wildman–Crippen LogP) is 4.34. The highest BCUT2D eigenvalue weighted by molar-refractivity contribution is 7.80. The van der Waals surface area contributed by atoms with E-state index in [1.807, 2.05) is 31.2 Å². The molecule has 4 heteroatoms. The molecule has 0 heterocycles. The van der Waals surface area contributed by atoms with Crippen molar-refractivity contribution in [2.24, 2.45) is 5.92 Å². The molecule has 0 bridgehead atoms. The van der Waals surface area contributed by atoms with Crippen LogP contribution in [0.2, 0.25) is 0 Å². The molecular weight excluding hydrogens is 280 g/mol. The van der Waals surface area contributed by atoms with Crippen LogP contribution < -0.4 is 15.4 Å². The molecule has 0 saturated heterocycles. The van der Waals surface area contributed by atoms with E-state index in [0.29, 0.717) is 17.6 Å². The Morgan fingerprint density at radius 3 is 2.67 bits per heavy atom. The molecule has 0 amide bonds. The molecule has 2 N–H and O–H groups in total. The van der Waals surface area contributed by atoms with E-state index in [9.17, 15) is 0 Å². The fourth-order valence-corrected chi connectivity index (χ4v) is 3.39. The summed E-state index contributed by atoms with van der Waals surface area (Å²) in [4.78, 5) is 0. The topological polar surface area (TPSA) is 33.3 Å². The lowest BCUT2D eigenvalue weighted by atomic mass is 9.85. The van der Waals surface area contributed by atoms with E-state index in [-0.39, 0.29) is 5.54 Å². The van der Waals surface area contributed by atoms with Gasteiger partial charge in [-0.1, -0.05) is 32.8 Å². The van der Waals surface area contributed by atoms with E-state index in [0.717, 1.165) is 11.4 Å². The maximum Gasteiger partial charge on any atom is 0.171 e. The lowest BCUT2D eigenvalue weighted by molar-refractivity contribution is 0.283. The van der Waals surface area contributed by atoms with Gasteiger partial charge in [-0.25, -0.2) is 0 Å². The SMILES string of the molecule is CCOc1cccc(NC(=S)NC2(C(C)C)CCCC2)c1. The number of rotatable bonds is 5.